The van der Waals surface area contributed by atoms with E-state index in [9.17, 15) is 4.79 Å². The van der Waals surface area contributed by atoms with Gasteiger partial charge in [0.2, 0.25) is 0 Å². The van der Waals surface area contributed by atoms with Gasteiger partial charge >= 0.3 is 0 Å². The fourth-order valence-corrected chi connectivity index (χ4v) is 0.658. The third kappa shape index (κ3) is 1.54. The number of hydrogen-bond acceptors (Lipinski definition) is 3. The summed E-state index contributed by atoms with van der Waals surface area (Å²) >= 11 is 0. The Morgan fingerprint density at radius 2 is 2.45 bits per heavy atom. The first-order chi connectivity index (χ1) is 4.86. The van der Waals surface area contributed by atoms with Crippen molar-refractivity contribution in [2.24, 2.45) is 0 Å². The second-order valence-corrected chi connectivity index (χ2v) is 1.72. The van der Waals surface area contributed by atoms with E-state index >= 15 is 0 Å². The molecule has 0 bridgehead atoms. The van der Waals surface area contributed by atoms with Crippen LogP contribution in [0.3, 0.4) is 0 Å². The van der Waals surface area contributed by atoms with E-state index in [0.717, 1.165) is 0 Å². The molecule has 2 aromatic rings. The molecule has 0 spiro atoms. The first-order valence-corrected chi connectivity index (χ1v) is 2.61. The topological polar surface area (TPSA) is 61.4 Å². The van der Waals surface area contributed by atoms with E-state index in [1.165, 1.54) is 10.7 Å². The van der Waals surface area contributed by atoms with Gasteiger partial charge in [0, 0.05) is 51.0 Å². The summed E-state index contributed by atoms with van der Waals surface area (Å²) in [6.07, 6.45) is 5.44. The number of nitrogens with zero attached hydrogens (tertiary/aromatic N) is 4. The van der Waals surface area contributed by atoms with E-state index < -0.39 is 5.69 Å². The van der Waals surface area contributed by atoms with Gasteiger partial charge in [-0.1, -0.05) is 0 Å². The van der Waals surface area contributed by atoms with Crippen LogP contribution in [-0.2, 0) is 32.7 Å². The van der Waals surface area contributed by atoms with Gasteiger partial charge in [-0.2, -0.15) is 0 Å². The summed E-state index contributed by atoms with van der Waals surface area (Å²) in [5.74, 6) is 0.333. The van der Waals surface area contributed by atoms with E-state index in [0.29, 0.717) is 5.78 Å². The average Bonchev–Trinajstić information content (AvgIpc) is 2.33. The first kappa shape index (κ1) is 8.55. The molecule has 0 aliphatic heterocycles. The van der Waals surface area contributed by atoms with Crippen LogP contribution >= 0.6 is 0 Å². The Kier molecular flexibility index (Phi) is 2.51. The maximum atomic E-state index is 10.5. The van der Waals surface area contributed by atoms with Crippen molar-refractivity contribution in [1.82, 2.24) is 19.4 Å². The molecule has 0 saturated carbocycles. The molecule has 2 radical (unpaired) electrons. The molecule has 2 heterocycles. The van der Waals surface area contributed by atoms with Crippen molar-refractivity contribution in [3.8, 4) is 0 Å². The van der Waals surface area contributed by atoms with Crippen molar-refractivity contribution in [2.45, 2.75) is 0 Å². The van der Waals surface area contributed by atoms with Gasteiger partial charge in [0.25, 0.3) is 5.69 Å². The average molecular weight is 223 g/mol. The quantitative estimate of drug-likeness (QED) is 0.565. The Bertz CT molecular complexity index is 406. The number of hydrogen-bond donors (Lipinski definition) is 0. The molecule has 0 saturated heterocycles. The molecular weight excluding hydrogens is 221 g/mol. The van der Waals surface area contributed by atoms with Gasteiger partial charge in [-0.05, 0) is 6.20 Å². The normalized spacial score (nSPS) is 9.45. The standard InChI is InChI=1S/C5H2N4O.Y/c10-5-7-3-9-2-1-6-4(9)8-5;/h2-3H;/q-1;. The minimum absolute atomic E-state index is 0. The molecule has 5 nitrogen and oxygen atoms in total. The van der Waals surface area contributed by atoms with Gasteiger partial charge in [0.15, 0.2) is 0 Å². The second-order valence-electron chi connectivity index (χ2n) is 1.72. The molecule has 0 fully saturated rings. The van der Waals surface area contributed by atoms with Crippen LogP contribution in [0.25, 0.3) is 5.78 Å². The molecule has 2 rings (SSSR count). The van der Waals surface area contributed by atoms with Crippen molar-refractivity contribution in [1.29, 1.82) is 0 Å². The summed E-state index contributed by atoms with van der Waals surface area (Å²) in [5.41, 5.74) is -0.521. The Balaban J connectivity index is 0.000000605. The van der Waals surface area contributed by atoms with E-state index in [2.05, 4.69) is 21.1 Å². The minimum atomic E-state index is -0.521. The van der Waals surface area contributed by atoms with E-state index in [1.807, 2.05) is 0 Å². The molecular formula is C5H2N4OY-. The second kappa shape index (κ2) is 3.23. The largest absolute Gasteiger partial charge is 0.365 e. The summed E-state index contributed by atoms with van der Waals surface area (Å²) in [6.45, 7) is 0. The number of imidazole rings is 1. The van der Waals surface area contributed by atoms with Crippen molar-refractivity contribution in [3.05, 3.63) is 29.2 Å². The fourth-order valence-electron chi connectivity index (χ4n) is 0.658. The maximum absolute atomic E-state index is 10.5. The Morgan fingerprint density at radius 3 is 3.27 bits per heavy atom. The van der Waals surface area contributed by atoms with Crippen LogP contribution in [0.1, 0.15) is 0 Å². The molecule has 0 N–H and O–H groups in total. The summed E-state index contributed by atoms with van der Waals surface area (Å²) in [6, 6.07) is 0. The fraction of sp³-hybridized carbons (Fsp3) is 0. The summed E-state index contributed by atoms with van der Waals surface area (Å²) in [4.78, 5) is 21.1. The van der Waals surface area contributed by atoms with Crippen LogP contribution in [0.4, 0.5) is 0 Å². The number of aromatic nitrogens is 4. The zero-order valence-corrected chi connectivity index (χ0v) is 8.27. The Labute approximate surface area is 86.8 Å². The van der Waals surface area contributed by atoms with Crippen LogP contribution in [0.5, 0.6) is 0 Å². The third-order valence-corrected chi connectivity index (χ3v) is 1.08. The molecule has 2 aromatic heterocycles. The van der Waals surface area contributed by atoms with E-state index in [-0.39, 0.29) is 32.7 Å². The van der Waals surface area contributed by atoms with Gasteiger partial charge in [0.05, 0.1) is 0 Å². The van der Waals surface area contributed by atoms with Gasteiger partial charge < -0.3 is 14.4 Å². The number of fused-ring (bicyclic) bond motifs is 1. The molecule has 0 unspecified atom stereocenters. The molecule has 11 heavy (non-hydrogen) atoms. The Hall–Kier alpha value is -0.546. The molecule has 0 atom stereocenters. The first-order valence-electron chi connectivity index (χ1n) is 2.61. The number of rotatable bonds is 0. The molecule has 0 amide bonds. The van der Waals surface area contributed by atoms with Crippen LogP contribution in [0.2, 0.25) is 0 Å². The van der Waals surface area contributed by atoms with Gasteiger partial charge in [0.1, 0.15) is 0 Å². The van der Waals surface area contributed by atoms with Crippen molar-refractivity contribution in [2.75, 3.05) is 0 Å². The SMILES string of the molecule is O=c1ncn2c[c][n-]c2n1.[Y]. The predicted octanol–water partition coefficient (Wildman–Crippen LogP) is -1.16. The van der Waals surface area contributed by atoms with Crippen LogP contribution < -0.4 is 10.7 Å². The van der Waals surface area contributed by atoms with Crippen LogP contribution in [0, 0.1) is 6.20 Å². The summed E-state index contributed by atoms with van der Waals surface area (Å²) in [7, 11) is 0. The zero-order chi connectivity index (χ0) is 6.97. The smallest absolute Gasteiger partial charge is 0.298 e. The molecule has 52 valence electrons. The van der Waals surface area contributed by atoms with Crippen molar-refractivity contribution >= 4 is 5.78 Å². The van der Waals surface area contributed by atoms with E-state index in [4.69, 9.17) is 0 Å². The maximum Gasteiger partial charge on any atom is 0.298 e. The molecule has 0 aliphatic rings. The summed E-state index contributed by atoms with van der Waals surface area (Å²) in [5, 5.41) is 0. The van der Waals surface area contributed by atoms with Crippen molar-refractivity contribution in [3.63, 3.8) is 0 Å². The minimum Gasteiger partial charge on any atom is -0.365 e. The molecule has 0 aromatic carbocycles. The molecule has 6 heteroatoms. The third-order valence-electron chi connectivity index (χ3n) is 1.08. The van der Waals surface area contributed by atoms with Gasteiger partial charge in [-0.15, -0.1) is 0 Å². The van der Waals surface area contributed by atoms with Crippen molar-refractivity contribution < 1.29 is 32.7 Å². The van der Waals surface area contributed by atoms with Crippen LogP contribution in [0.15, 0.2) is 17.3 Å². The molecule has 0 aliphatic carbocycles. The van der Waals surface area contributed by atoms with Crippen LogP contribution in [-0.4, -0.2) is 14.4 Å². The monoisotopic (exact) mass is 223 g/mol. The van der Waals surface area contributed by atoms with Gasteiger partial charge in [-0.25, -0.2) is 4.98 Å². The predicted molar refractivity (Wildman–Crippen MR) is 31.4 cm³/mol. The zero-order valence-electron chi connectivity index (χ0n) is 5.43. The van der Waals surface area contributed by atoms with E-state index in [1.54, 1.807) is 6.20 Å². The summed E-state index contributed by atoms with van der Waals surface area (Å²) < 4.78 is 1.52. The Morgan fingerprint density at radius 1 is 1.64 bits per heavy atom. The van der Waals surface area contributed by atoms with Gasteiger partial charge in [-0.3, -0.25) is 4.79 Å².